The smallest absolute Gasteiger partial charge is 0.227 e. The summed E-state index contributed by atoms with van der Waals surface area (Å²) in [6, 6.07) is 21.9. The number of para-hydroxylation sites is 3. The number of benzene rings is 3. The first-order valence-corrected chi connectivity index (χ1v) is 12.1. The molecule has 5 rings (SSSR count). The summed E-state index contributed by atoms with van der Waals surface area (Å²) < 4.78 is 7.97. The number of rotatable bonds is 7. The van der Waals surface area contributed by atoms with Crippen molar-refractivity contribution in [3.05, 3.63) is 89.2 Å². The summed E-state index contributed by atoms with van der Waals surface area (Å²) in [5.41, 5.74) is 6.10. The van der Waals surface area contributed by atoms with Gasteiger partial charge in [0.05, 0.1) is 17.6 Å². The molecule has 1 amide bonds. The van der Waals surface area contributed by atoms with Crippen molar-refractivity contribution in [2.45, 2.75) is 45.8 Å². The predicted molar refractivity (Wildman–Crippen MR) is 138 cm³/mol. The van der Waals surface area contributed by atoms with Gasteiger partial charge in [-0.25, -0.2) is 4.98 Å². The monoisotopic (exact) mass is 469 g/mol. The minimum Gasteiger partial charge on any atom is -0.491 e. The topological polar surface area (TPSA) is 67.6 Å². The number of hydrogen-bond donors (Lipinski definition) is 1. The molecular formula is C29H31N3O3. The highest BCUT2D eigenvalue weighted by atomic mass is 16.5. The zero-order valence-electron chi connectivity index (χ0n) is 20.4. The number of imidazole rings is 1. The Morgan fingerprint density at radius 2 is 1.74 bits per heavy atom. The maximum absolute atomic E-state index is 13.0. The zero-order valence-corrected chi connectivity index (χ0v) is 20.4. The standard InChI is InChI=1S/C29H31N3O3/c1-19-12-20(2)14-24(13-19)35-18-23(33)17-32-27-11-7-5-9-25(27)30-29(32)22-15-28(34)31(16-22)26-10-6-4-8-21(26)3/h4-14,22-23,33H,15-18H2,1-3H3. The fourth-order valence-corrected chi connectivity index (χ4v) is 5.05. The van der Waals surface area contributed by atoms with Crippen LogP contribution >= 0.6 is 0 Å². The summed E-state index contributed by atoms with van der Waals surface area (Å²) in [4.78, 5) is 19.8. The van der Waals surface area contributed by atoms with Crippen molar-refractivity contribution in [1.29, 1.82) is 0 Å². The van der Waals surface area contributed by atoms with Gasteiger partial charge >= 0.3 is 0 Å². The lowest BCUT2D eigenvalue weighted by Crippen LogP contribution is -2.27. The van der Waals surface area contributed by atoms with Crippen LogP contribution in [0.5, 0.6) is 5.75 Å². The maximum atomic E-state index is 13.0. The second-order valence-electron chi connectivity index (χ2n) is 9.55. The normalized spacial score (nSPS) is 16.7. The first-order chi connectivity index (χ1) is 16.9. The van der Waals surface area contributed by atoms with Crippen LogP contribution < -0.4 is 9.64 Å². The highest BCUT2D eigenvalue weighted by Gasteiger charge is 2.35. The van der Waals surface area contributed by atoms with Crippen LogP contribution in [0, 0.1) is 20.8 Å². The van der Waals surface area contributed by atoms with Gasteiger partial charge in [0.1, 0.15) is 24.3 Å². The fourth-order valence-electron chi connectivity index (χ4n) is 5.05. The summed E-state index contributed by atoms with van der Waals surface area (Å²) in [6.07, 6.45) is -0.330. The van der Waals surface area contributed by atoms with Crippen LogP contribution in [0.4, 0.5) is 5.69 Å². The van der Waals surface area contributed by atoms with E-state index in [1.165, 1.54) is 0 Å². The Balaban J connectivity index is 1.39. The lowest BCUT2D eigenvalue weighted by Gasteiger charge is -2.20. The highest BCUT2D eigenvalue weighted by Crippen LogP contribution is 2.34. The summed E-state index contributed by atoms with van der Waals surface area (Å²) in [5, 5.41) is 10.9. The van der Waals surface area contributed by atoms with Gasteiger partial charge in [0, 0.05) is 24.6 Å². The fraction of sp³-hybridized carbons (Fsp3) is 0.310. The van der Waals surface area contributed by atoms with E-state index in [0.717, 1.165) is 45.0 Å². The molecule has 0 radical (unpaired) electrons. The molecule has 4 aromatic rings. The van der Waals surface area contributed by atoms with Gasteiger partial charge in [-0.15, -0.1) is 0 Å². The van der Waals surface area contributed by atoms with Crippen LogP contribution in [0.2, 0.25) is 0 Å². The number of fused-ring (bicyclic) bond motifs is 1. The molecule has 2 atom stereocenters. The Labute approximate surface area is 205 Å². The summed E-state index contributed by atoms with van der Waals surface area (Å²) in [6.45, 7) is 7.18. The van der Waals surface area contributed by atoms with Crippen LogP contribution in [-0.2, 0) is 11.3 Å². The molecule has 1 aliphatic heterocycles. The second-order valence-corrected chi connectivity index (χ2v) is 9.55. The highest BCUT2D eigenvalue weighted by molar-refractivity contribution is 5.97. The number of anilines is 1. The predicted octanol–water partition coefficient (Wildman–Crippen LogP) is 4.92. The number of aromatic nitrogens is 2. The molecule has 2 heterocycles. The second kappa shape index (κ2) is 9.55. The molecule has 1 aliphatic rings. The average molecular weight is 470 g/mol. The number of carbonyl (C=O) groups excluding carboxylic acids is 1. The maximum Gasteiger partial charge on any atom is 0.227 e. The summed E-state index contributed by atoms with van der Waals surface area (Å²) in [5.74, 6) is 1.64. The molecule has 1 N–H and O–H groups in total. The third-order valence-electron chi connectivity index (χ3n) is 6.61. The molecule has 1 aromatic heterocycles. The Hall–Kier alpha value is -3.64. The quantitative estimate of drug-likeness (QED) is 0.417. The van der Waals surface area contributed by atoms with E-state index in [9.17, 15) is 9.90 Å². The first-order valence-electron chi connectivity index (χ1n) is 12.1. The van der Waals surface area contributed by atoms with Crippen molar-refractivity contribution < 1.29 is 14.6 Å². The number of ether oxygens (including phenoxy) is 1. The van der Waals surface area contributed by atoms with Gasteiger partial charge in [-0.3, -0.25) is 4.79 Å². The van der Waals surface area contributed by atoms with Crippen LogP contribution in [0.25, 0.3) is 11.0 Å². The molecule has 1 saturated heterocycles. The van der Waals surface area contributed by atoms with E-state index in [1.807, 2.05) is 86.3 Å². The Morgan fingerprint density at radius 3 is 2.51 bits per heavy atom. The van der Waals surface area contributed by atoms with Crippen LogP contribution in [0.15, 0.2) is 66.7 Å². The van der Waals surface area contributed by atoms with Crippen LogP contribution in [-0.4, -0.2) is 39.8 Å². The molecule has 0 spiro atoms. The average Bonchev–Trinajstić information content (AvgIpc) is 3.38. The third kappa shape index (κ3) is 4.80. The molecule has 0 bridgehead atoms. The molecule has 6 heteroatoms. The molecule has 35 heavy (non-hydrogen) atoms. The number of nitrogens with zero attached hydrogens (tertiary/aromatic N) is 3. The van der Waals surface area contributed by atoms with Gasteiger partial charge in [0.2, 0.25) is 5.91 Å². The van der Waals surface area contributed by atoms with E-state index in [-0.39, 0.29) is 18.4 Å². The van der Waals surface area contributed by atoms with Crippen molar-refractivity contribution in [2.75, 3.05) is 18.1 Å². The molecule has 180 valence electrons. The van der Waals surface area contributed by atoms with Gasteiger partial charge < -0.3 is 19.3 Å². The van der Waals surface area contributed by atoms with E-state index in [0.29, 0.717) is 19.5 Å². The summed E-state index contributed by atoms with van der Waals surface area (Å²) >= 11 is 0. The van der Waals surface area contributed by atoms with Crippen molar-refractivity contribution in [2.24, 2.45) is 0 Å². The van der Waals surface area contributed by atoms with E-state index in [1.54, 1.807) is 0 Å². The van der Waals surface area contributed by atoms with Crippen molar-refractivity contribution in [3.8, 4) is 5.75 Å². The van der Waals surface area contributed by atoms with Gasteiger partial charge in [-0.1, -0.05) is 36.4 Å². The van der Waals surface area contributed by atoms with Gasteiger partial charge in [0.25, 0.3) is 0 Å². The summed E-state index contributed by atoms with van der Waals surface area (Å²) in [7, 11) is 0. The van der Waals surface area contributed by atoms with Crippen LogP contribution in [0.1, 0.15) is 34.9 Å². The van der Waals surface area contributed by atoms with Crippen molar-refractivity contribution >= 4 is 22.6 Å². The number of amides is 1. The largest absolute Gasteiger partial charge is 0.491 e. The molecule has 6 nitrogen and oxygen atoms in total. The lowest BCUT2D eigenvalue weighted by molar-refractivity contribution is -0.117. The molecule has 0 saturated carbocycles. The van der Waals surface area contributed by atoms with Gasteiger partial charge in [-0.2, -0.15) is 0 Å². The van der Waals surface area contributed by atoms with Crippen molar-refractivity contribution in [1.82, 2.24) is 9.55 Å². The third-order valence-corrected chi connectivity index (χ3v) is 6.61. The van der Waals surface area contributed by atoms with Crippen LogP contribution in [0.3, 0.4) is 0 Å². The van der Waals surface area contributed by atoms with E-state index < -0.39 is 6.10 Å². The van der Waals surface area contributed by atoms with Gasteiger partial charge in [0.15, 0.2) is 0 Å². The minimum atomic E-state index is -0.725. The van der Waals surface area contributed by atoms with E-state index >= 15 is 0 Å². The molecule has 0 aliphatic carbocycles. The Bertz CT molecular complexity index is 1360. The molecule has 1 fully saturated rings. The van der Waals surface area contributed by atoms with E-state index in [2.05, 4.69) is 10.6 Å². The number of carbonyl (C=O) groups is 1. The first kappa shape index (κ1) is 23.1. The SMILES string of the molecule is Cc1cc(C)cc(OCC(O)Cn2c(C3CC(=O)N(c4ccccc4C)C3)nc3ccccc32)c1. The molecule has 3 aromatic carbocycles. The van der Waals surface area contributed by atoms with Crippen molar-refractivity contribution in [3.63, 3.8) is 0 Å². The number of aliphatic hydroxyl groups excluding tert-OH is 1. The number of hydrogen-bond acceptors (Lipinski definition) is 4. The Morgan fingerprint density at radius 1 is 1.03 bits per heavy atom. The lowest BCUT2D eigenvalue weighted by atomic mass is 10.1. The number of aryl methyl sites for hydroxylation is 3. The van der Waals surface area contributed by atoms with E-state index in [4.69, 9.17) is 9.72 Å². The van der Waals surface area contributed by atoms with Gasteiger partial charge in [-0.05, 0) is 67.8 Å². The Kier molecular flexibility index (Phi) is 6.31. The minimum absolute atomic E-state index is 0.0537. The zero-order chi connectivity index (χ0) is 24.5. The molecule has 2 unspecified atom stereocenters. The molecular weight excluding hydrogens is 438 g/mol. The number of aliphatic hydroxyl groups is 1.